The molecule has 2 aromatic rings. The molecule has 2 atom stereocenters. The van der Waals surface area contributed by atoms with E-state index in [4.69, 9.17) is 9.47 Å². The highest BCUT2D eigenvalue weighted by atomic mass is 32.2. The number of aryl methyl sites for hydroxylation is 1. The normalized spacial score (nSPS) is 13.0. The van der Waals surface area contributed by atoms with E-state index in [1.165, 1.54) is 5.56 Å². The van der Waals surface area contributed by atoms with Crippen LogP contribution < -0.4 is 14.8 Å². The largest absolute Gasteiger partial charge is 0.497 e. The van der Waals surface area contributed by atoms with Crippen LogP contribution in [0.2, 0.25) is 0 Å². The summed E-state index contributed by atoms with van der Waals surface area (Å²) >= 11 is 1.55. The summed E-state index contributed by atoms with van der Waals surface area (Å²) in [6.07, 6.45) is 0. The van der Waals surface area contributed by atoms with E-state index in [0.717, 1.165) is 22.0 Å². The van der Waals surface area contributed by atoms with Crippen molar-refractivity contribution in [3.63, 3.8) is 0 Å². The lowest BCUT2D eigenvalue weighted by molar-refractivity contribution is -0.120. The summed E-state index contributed by atoms with van der Waals surface area (Å²) in [5.74, 6) is 1.45. The fourth-order valence-electron chi connectivity index (χ4n) is 2.46. The molecule has 2 aromatic carbocycles. The van der Waals surface area contributed by atoms with Gasteiger partial charge < -0.3 is 14.8 Å². The molecule has 0 aliphatic heterocycles. The lowest BCUT2D eigenvalue weighted by atomic mass is 10.1. The molecule has 4 nitrogen and oxygen atoms in total. The third-order valence-corrected chi connectivity index (χ3v) is 5.08. The molecule has 0 aliphatic rings. The van der Waals surface area contributed by atoms with E-state index in [1.807, 2.05) is 51.1 Å². The van der Waals surface area contributed by atoms with Crippen molar-refractivity contribution in [2.45, 2.75) is 37.0 Å². The Balaban J connectivity index is 2.05. The lowest BCUT2D eigenvalue weighted by Crippen LogP contribution is -2.33. The van der Waals surface area contributed by atoms with Gasteiger partial charge in [-0.2, -0.15) is 0 Å². The summed E-state index contributed by atoms with van der Waals surface area (Å²) in [6.45, 7) is 5.90. The predicted molar refractivity (Wildman–Crippen MR) is 103 cm³/mol. The predicted octanol–water partition coefficient (Wildman–Crippen LogP) is 4.37. The number of benzene rings is 2. The number of carbonyl (C=O) groups is 1. The zero-order valence-corrected chi connectivity index (χ0v) is 16.1. The van der Waals surface area contributed by atoms with Crippen LogP contribution in [0.15, 0.2) is 47.4 Å². The van der Waals surface area contributed by atoms with Crippen molar-refractivity contribution >= 4 is 17.7 Å². The van der Waals surface area contributed by atoms with Gasteiger partial charge in [0, 0.05) is 10.5 Å². The Hall–Kier alpha value is -2.14. The Morgan fingerprint density at radius 1 is 1.04 bits per heavy atom. The Morgan fingerprint density at radius 3 is 2.32 bits per heavy atom. The van der Waals surface area contributed by atoms with Crippen molar-refractivity contribution < 1.29 is 14.3 Å². The summed E-state index contributed by atoms with van der Waals surface area (Å²) < 4.78 is 10.7. The van der Waals surface area contributed by atoms with E-state index in [1.54, 1.807) is 26.0 Å². The van der Waals surface area contributed by atoms with Gasteiger partial charge in [-0.3, -0.25) is 4.79 Å². The summed E-state index contributed by atoms with van der Waals surface area (Å²) in [7, 11) is 3.24. The molecule has 2 rings (SSSR count). The maximum Gasteiger partial charge on any atom is 0.233 e. The molecule has 0 aliphatic carbocycles. The number of hydrogen-bond donors (Lipinski definition) is 1. The zero-order valence-electron chi connectivity index (χ0n) is 15.3. The first-order valence-electron chi connectivity index (χ1n) is 8.20. The van der Waals surface area contributed by atoms with E-state index in [9.17, 15) is 4.79 Å². The van der Waals surface area contributed by atoms with Crippen LogP contribution in [0.3, 0.4) is 0 Å². The molecule has 0 heterocycles. The maximum atomic E-state index is 12.5. The van der Waals surface area contributed by atoms with Crippen LogP contribution in [0.25, 0.3) is 0 Å². The van der Waals surface area contributed by atoms with Gasteiger partial charge in [-0.1, -0.05) is 17.7 Å². The van der Waals surface area contributed by atoms with E-state index in [2.05, 4.69) is 17.4 Å². The average molecular weight is 359 g/mol. The van der Waals surface area contributed by atoms with Gasteiger partial charge in [0.1, 0.15) is 11.5 Å². The first-order valence-corrected chi connectivity index (χ1v) is 9.08. The number of hydrogen-bond acceptors (Lipinski definition) is 4. The Morgan fingerprint density at radius 2 is 1.72 bits per heavy atom. The summed E-state index contributed by atoms with van der Waals surface area (Å²) in [5.41, 5.74) is 2.10. The number of nitrogens with one attached hydrogen (secondary N) is 1. The van der Waals surface area contributed by atoms with Crippen molar-refractivity contribution in [2.24, 2.45) is 0 Å². The van der Waals surface area contributed by atoms with Crippen LogP contribution in [0.5, 0.6) is 11.5 Å². The molecule has 5 heteroatoms. The summed E-state index contributed by atoms with van der Waals surface area (Å²) in [4.78, 5) is 13.6. The number of ether oxygens (including phenoxy) is 2. The van der Waals surface area contributed by atoms with E-state index >= 15 is 0 Å². The SMILES string of the molecule is COc1ccc(OC)c([C@@H](C)NC(=O)[C@@H](C)Sc2ccc(C)cc2)c1. The van der Waals surface area contributed by atoms with E-state index < -0.39 is 0 Å². The highest BCUT2D eigenvalue weighted by molar-refractivity contribution is 8.00. The summed E-state index contributed by atoms with van der Waals surface area (Å²) in [6, 6.07) is 13.6. The molecule has 0 radical (unpaired) electrons. The topological polar surface area (TPSA) is 47.6 Å². The molecule has 0 fully saturated rings. The molecule has 25 heavy (non-hydrogen) atoms. The second-order valence-electron chi connectivity index (χ2n) is 5.91. The smallest absolute Gasteiger partial charge is 0.233 e. The molecule has 1 N–H and O–H groups in total. The number of carbonyl (C=O) groups excluding carboxylic acids is 1. The van der Waals surface area contributed by atoms with Crippen LogP contribution >= 0.6 is 11.8 Å². The summed E-state index contributed by atoms with van der Waals surface area (Å²) in [5, 5.41) is 2.87. The Labute approximate surface area is 153 Å². The minimum Gasteiger partial charge on any atom is -0.497 e. The van der Waals surface area contributed by atoms with Gasteiger partial charge in [-0.05, 0) is 51.1 Å². The van der Waals surface area contributed by atoms with Crippen molar-refractivity contribution in [2.75, 3.05) is 14.2 Å². The molecule has 1 amide bonds. The second kappa shape index (κ2) is 8.81. The van der Waals surface area contributed by atoms with Gasteiger partial charge in [0.2, 0.25) is 5.91 Å². The molecule has 0 bridgehead atoms. The van der Waals surface area contributed by atoms with Crippen LogP contribution in [0, 0.1) is 6.92 Å². The van der Waals surface area contributed by atoms with Crippen LogP contribution in [0.4, 0.5) is 0 Å². The van der Waals surface area contributed by atoms with Crippen LogP contribution in [-0.2, 0) is 4.79 Å². The molecular weight excluding hydrogens is 334 g/mol. The van der Waals surface area contributed by atoms with Crippen molar-refractivity contribution in [3.8, 4) is 11.5 Å². The van der Waals surface area contributed by atoms with E-state index in [0.29, 0.717) is 0 Å². The number of rotatable bonds is 7. The number of methoxy groups -OCH3 is 2. The van der Waals surface area contributed by atoms with Crippen LogP contribution in [0.1, 0.15) is 31.0 Å². The minimum atomic E-state index is -0.193. The van der Waals surface area contributed by atoms with Crippen molar-refractivity contribution in [1.29, 1.82) is 0 Å². The Kier molecular flexibility index (Phi) is 6.76. The fourth-order valence-corrected chi connectivity index (χ4v) is 3.34. The quantitative estimate of drug-likeness (QED) is 0.746. The average Bonchev–Trinajstić information content (AvgIpc) is 2.62. The fraction of sp³-hybridized carbons (Fsp3) is 0.350. The molecule has 0 saturated carbocycles. The minimum absolute atomic E-state index is 0.0112. The first kappa shape index (κ1) is 19.2. The third kappa shape index (κ3) is 5.16. The van der Waals surface area contributed by atoms with Gasteiger partial charge in [-0.15, -0.1) is 11.8 Å². The lowest BCUT2D eigenvalue weighted by Gasteiger charge is -2.20. The van der Waals surface area contributed by atoms with Crippen molar-refractivity contribution in [1.82, 2.24) is 5.32 Å². The van der Waals surface area contributed by atoms with Crippen LogP contribution in [-0.4, -0.2) is 25.4 Å². The molecule has 0 aromatic heterocycles. The van der Waals surface area contributed by atoms with Gasteiger partial charge in [0.15, 0.2) is 0 Å². The van der Waals surface area contributed by atoms with Gasteiger partial charge >= 0.3 is 0 Å². The number of amides is 1. The molecule has 0 unspecified atom stereocenters. The molecule has 0 saturated heterocycles. The standard InChI is InChI=1S/C20H25NO3S/c1-13-6-9-17(10-7-13)25-15(3)20(22)21-14(2)18-12-16(23-4)8-11-19(18)24-5/h6-12,14-15H,1-5H3,(H,21,22)/t14-,15-/m1/s1. The van der Waals surface area contributed by atoms with Gasteiger partial charge in [-0.25, -0.2) is 0 Å². The van der Waals surface area contributed by atoms with E-state index in [-0.39, 0.29) is 17.2 Å². The first-order chi connectivity index (χ1) is 11.9. The molecular formula is C20H25NO3S. The highest BCUT2D eigenvalue weighted by Gasteiger charge is 2.19. The molecule has 0 spiro atoms. The number of thioether (sulfide) groups is 1. The third-order valence-electron chi connectivity index (χ3n) is 3.97. The second-order valence-corrected chi connectivity index (χ2v) is 7.33. The van der Waals surface area contributed by atoms with Gasteiger partial charge in [0.25, 0.3) is 0 Å². The Bertz CT molecular complexity index is 715. The van der Waals surface area contributed by atoms with Crippen molar-refractivity contribution in [3.05, 3.63) is 53.6 Å². The monoisotopic (exact) mass is 359 g/mol. The zero-order chi connectivity index (χ0) is 18.4. The molecule has 134 valence electrons. The highest BCUT2D eigenvalue weighted by Crippen LogP contribution is 2.30. The maximum absolute atomic E-state index is 12.5. The van der Waals surface area contributed by atoms with Gasteiger partial charge in [0.05, 0.1) is 25.5 Å².